The number of carbonyl (C=O) groups excluding carboxylic acids is 6. The molecule has 8 N–H and O–H groups in total. The molecule has 9 atom stereocenters. The number of nitrogens with two attached hydrogens (primary N) is 1. The maximum Gasteiger partial charge on any atom is 0.481 e. The van der Waals surface area contributed by atoms with Gasteiger partial charge in [0.2, 0.25) is 29.5 Å². The van der Waals surface area contributed by atoms with E-state index in [0.29, 0.717) is 53.7 Å². The maximum atomic E-state index is 14.4. The number of hydrogen-bond acceptors (Lipinski definition) is 10. The minimum absolute atomic E-state index is 0.0259. The second-order valence-corrected chi connectivity index (χ2v) is 20.4. The van der Waals surface area contributed by atoms with Gasteiger partial charge in [0, 0.05) is 18.5 Å². The zero-order valence-electron chi connectivity index (χ0n) is 41.8. The lowest BCUT2D eigenvalue weighted by Gasteiger charge is -2.64. The van der Waals surface area contributed by atoms with E-state index in [-0.39, 0.29) is 37.3 Å². The molecule has 4 fully saturated rings. The summed E-state index contributed by atoms with van der Waals surface area (Å²) in [5, 5.41) is 16.9. The van der Waals surface area contributed by atoms with Crippen LogP contribution in [0.2, 0.25) is 0 Å². The van der Waals surface area contributed by atoms with Crippen LogP contribution in [0.4, 0.5) is 0 Å². The van der Waals surface area contributed by atoms with E-state index in [1.54, 1.807) is 37.3 Å². The standard InChI is InChI=1S/C53H72BN7O9/c1-8-9-12-33-14-16-34(17-15-33)35-18-20-36(21-19-35)48(64)59-40(13-10-11-26-55)49(65)61-46-38-22-24-42(68-7)37(27-38)23-25-45(62)56-30-41(60-47(63)31(2)57-51(46)67)50(66)58-32(3)54-69-44-29-39-28-43(52(39,4)5)53(44,6)70-54/h14-22,24,27,31-32,39-41,43-44,46H,8-13,23,25-26,28-30,55H2,1-7H3,(H,56,62)(H,57,67)(H,58,66)(H,59,64)(H,60,63)(H,61,65). The zero-order chi connectivity index (χ0) is 50.3. The molecule has 0 radical (unpaired) electrons. The third-order valence-corrected chi connectivity index (χ3v) is 15.3. The van der Waals surface area contributed by atoms with Gasteiger partial charge in [-0.25, -0.2) is 0 Å². The molecule has 17 heteroatoms. The number of benzene rings is 3. The van der Waals surface area contributed by atoms with Gasteiger partial charge < -0.3 is 51.7 Å². The van der Waals surface area contributed by atoms with E-state index >= 15 is 0 Å². The first-order chi connectivity index (χ1) is 33.4. The Bertz CT molecular complexity index is 2380. The molecule has 16 nitrogen and oxygen atoms in total. The molecule has 2 heterocycles. The number of nitrogens with one attached hydrogen (secondary N) is 6. The minimum Gasteiger partial charge on any atom is -0.496 e. The lowest BCUT2D eigenvalue weighted by Crippen LogP contribution is -2.65. The van der Waals surface area contributed by atoms with E-state index in [0.717, 1.165) is 43.2 Å². The molecule has 9 unspecified atom stereocenters. The minimum atomic E-state index is -1.36. The smallest absolute Gasteiger partial charge is 0.481 e. The molecular formula is C53H72BN7O9. The second-order valence-electron chi connectivity index (χ2n) is 20.4. The number of methoxy groups -OCH3 is 1. The number of fused-ring (bicyclic) bond motifs is 2. The van der Waals surface area contributed by atoms with Gasteiger partial charge in [0.25, 0.3) is 5.91 Å². The molecule has 3 aromatic rings. The Morgan fingerprint density at radius 3 is 2.29 bits per heavy atom. The molecule has 8 rings (SSSR count). The van der Waals surface area contributed by atoms with Crippen LogP contribution >= 0.6 is 0 Å². The number of unbranched alkanes of at least 4 members (excludes halogenated alkanes) is 2. The lowest BCUT2D eigenvalue weighted by atomic mass is 9.43. The van der Waals surface area contributed by atoms with Gasteiger partial charge in [-0.1, -0.05) is 69.7 Å². The molecule has 0 spiro atoms. The van der Waals surface area contributed by atoms with E-state index in [9.17, 15) is 28.8 Å². The van der Waals surface area contributed by atoms with Crippen molar-refractivity contribution in [2.24, 2.45) is 23.0 Å². The zero-order valence-corrected chi connectivity index (χ0v) is 41.8. The molecule has 6 amide bonds. The van der Waals surface area contributed by atoms with Gasteiger partial charge in [-0.05, 0) is 148 Å². The number of hydrogen-bond donors (Lipinski definition) is 7. The van der Waals surface area contributed by atoms with Crippen LogP contribution in [0, 0.1) is 17.3 Å². The van der Waals surface area contributed by atoms with Crippen LogP contribution in [0.1, 0.15) is 126 Å². The molecule has 3 saturated carbocycles. The summed E-state index contributed by atoms with van der Waals surface area (Å²) in [5.74, 6) is -2.79. The molecule has 1 saturated heterocycles. The van der Waals surface area contributed by atoms with Crippen molar-refractivity contribution in [3.05, 3.63) is 89.0 Å². The third-order valence-electron chi connectivity index (χ3n) is 15.3. The second kappa shape index (κ2) is 22.5. The molecule has 4 bridgehead atoms. The van der Waals surface area contributed by atoms with Crippen LogP contribution in [0.25, 0.3) is 11.1 Å². The summed E-state index contributed by atoms with van der Waals surface area (Å²) in [6.45, 7) is 12.2. The van der Waals surface area contributed by atoms with E-state index in [2.05, 4.69) is 83.9 Å². The van der Waals surface area contributed by atoms with Crippen molar-refractivity contribution in [2.75, 3.05) is 20.2 Å². The summed E-state index contributed by atoms with van der Waals surface area (Å²) in [6.07, 6.45) is 6.61. The Kier molecular flexibility index (Phi) is 16.8. The van der Waals surface area contributed by atoms with Gasteiger partial charge in [-0.2, -0.15) is 0 Å². The van der Waals surface area contributed by atoms with Crippen LogP contribution in [0.15, 0.2) is 66.7 Å². The summed E-state index contributed by atoms with van der Waals surface area (Å²) in [6, 6.07) is 15.6. The maximum absolute atomic E-state index is 14.4. The summed E-state index contributed by atoms with van der Waals surface area (Å²) >= 11 is 0. The van der Waals surface area contributed by atoms with Gasteiger partial charge in [0.15, 0.2) is 0 Å². The van der Waals surface area contributed by atoms with Crippen LogP contribution in [-0.4, -0.2) is 98.5 Å². The average Bonchev–Trinajstić information content (AvgIpc) is 3.72. The van der Waals surface area contributed by atoms with Gasteiger partial charge in [0.05, 0.1) is 24.8 Å². The van der Waals surface area contributed by atoms with Crippen molar-refractivity contribution in [3.8, 4) is 16.9 Å². The summed E-state index contributed by atoms with van der Waals surface area (Å²) in [4.78, 5) is 83.8. The normalized spacial score (nSPS) is 26.1. The Labute approximate surface area is 412 Å². The Hall–Kier alpha value is -5.78. The summed E-state index contributed by atoms with van der Waals surface area (Å²) < 4.78 is 18.6. The highest BCUT2D eigenvalue weighted by Crippen LogP contribution is 2.65. The topological polar surface area (TPSA) is 228 Å². The third kappa shape index (κ3) is 11.7. The highest BCUT2D eigenvalue weighted by Gasteiger charge is 2.68. The number of carbonyl (C=O) groups is 6. The molecule has 376 valence electrons. The van der Waals surface area contributed by atoms with Crippen LogP contribution in [0.3, 0.4) is 0 Å². The molecule has 0 aromatic heterocycles. The van der Waals surface area contributed by atoms with Gasteiger partial charge in [0.1, 0.15) is 29.9 Å². The lowest BCUT2D eigenvalue weighted by molar-refractivity contribution is -0.199. The van der Waals surface area contributed by atoms with Crippen LogP contribution in [0.5, 0.6) is 5.75 Å². The van der Waals surface area contributed by atoms with Crippen LogP contribution in [-0.2, 0) is 46.1 Å². The van der Waals surface area contributed by atoms with Crippen molar-refractivity contribution in [1.29, 1.82) is 0 Å². The van der Waals surface area contributed by atoms with Crippen molar-refractivity contribution in [2.45, 2.75) is 148 Å². The average molecular weight is 962 g/mol. The summed E-state index contributed by atoms with van der Waals surface area (Å²) in [5.41, 5.74) is 9.98. The molecule has 5 aliphatic rings. The fourth-order valence-corrected chi connectivity index (χ4v) is 10.7. The fraction of sp³-hybridized carbons (Fsp3) is 0.547. The first kappa shape index (κ1) is 52.1. The van der Waals surface area contributed by atoms with Gasteiger partial charge >= 0.3 is 7.12 Å². The van der Waals surface area contributed by atoms with E-state index in [1.807, 2.05) is 12.1 Å². The van der Waals surface area contributed by atoms with Crippen molar-refractivity contribution in [1.82, 2.24) is 31.9 Å². The molecule has 3 aliphatic carbocycles. The Balaban J connectivity index is 1.06. The highest BCUT2D eigenvalue weighted by molar-refractivity contribution is 6.47. The Morgan fingerprint density at radius 2 is 1.61 bits per heavy atom. The molecule has 70 heavy (non-hydrogen) atoms. The van der Waals surface area contributed by atoms with Crippen molar-refractivity contribution >= 4 is 42.6 Å². The van der Waals surface area contributed by atoms with Crippen LogP contribution < -0.4 is 42.4 Å². The number of aryl methyl sites for hydroxylation is 2. The molecular weight excluding hydrogens is 889 g/mol. The first-order valence-corrected chi connectivity index (χ1v) is 25.1. The highest BCUT2D eigenvalue weighted by atomic mass is 16.7. The first-order valence-electron chi connectivity index (χ1n) is 25.1. The monoisotopic (exact) mass is 962 g/mol. The Morgan fingerprint density at radius 1 is 0.900 bits per heavy atom. The number of amides is 6. The predicted molar refractivity (Wildman–Crippen MR) is 267 cm³/mol. The largest absolute Gasteiger partial charge is 0.496 e. The van der Waals surface area contributed by atoms with Gasteiger partial charge in [-0.3, -0.25) is 28.8 Å². The molecule has 2 aliphatic heterocycles. The van der Waals surface area contributed by atoms with Crippen molar-refractivity contribution < 1.29 is 42.8 Å². The van der Waals surface area contributed by atoms with Gasteiger partial charge in [-0.15, -0.1) is 0 Å². The number of ether oxygens (including phenoxy) is 1. The fourth-order valence-electron chi connectivity index (χ4n) is 10.7. The van der Waals surface area contributed by atoms with E-state index in [4.69, 9.17) is 19.8 Å². The van der Waals surface area contributed by atoms with E-state index in [1.165, 1.54) is 19.6 Å². The molecule has 3 aromatic carbocycles. The quantitative estimate of drug-likeness (QED) is 0.0779. The SMILES string of the molecule is CCCCc1ccc(-c2ccc(C(=O)NC(CCCCN)C(=O)NC3C(=O)NC(C)C(=O)NC(C(=O)NC(C)B4OC5CC6CC(C6(C)C)C5(C)O4)CNC(=O)CCc4cc3ccc4OC)cc2)cc1. The number of rotatable bonds is 16. The van der Waals surface area contributed by atoms with E-state index < -0.39 is 78.3 Å². The van der Waals surface area contributed by atoms with Crippen molar-refractivity contribution in [3.63, 3.8) is 0 Å². The summed E-state index contributed by atoms with van der Waals surface area (Å²) in [7, 11) is 0.768. The predicted octanol–water partition coefficient (Wildman–Crippen LogP) is 4.61.